The zero-order chi connectivity index (χ0) is 15.9. The van der Waals surface area contributed by atoms with Crippen LogP contribution in [0.1, 0.15) is 18.1 Å². The third-order valence-electron chi connectivity index (χ3n) is 2.97. The molecule has 0 aliphatic carbocycles. The molecule has 2 aromatic carbocycles. The molecule has 114 valence electrons. The second-order valence-electron chi connectivity index (χ2n) is 4.82. The van der Waals surface area contributed by atoms with Gasteiger partial charge in [-0.25, -0.2) is 5.43 Å². The Kier molecular flexibility index (Phi) is 5.55. The average Bonchev–Trinajstić information content (AvgIpc) is 2.51. The van der Waals surface area contributed by atoms with Crippen LogP contribution in [0.5, 0.6) is 5.75 Å². The van der Waals surface area contributed by atoms with Crippen molar-refractivity contribution in [3.05, 3.63) is 64.7 Å². The van der Waals surface area contributed by atoms with E-state index in [1.165, 1.54) is 0 Å². The smallest absolute Gasteiger partial charge is 0.277 e. The van der Waals surface area contributed by atoms with E-state index in [4.69, 9.17) is 16.3 Å². The molecule has 0 atom stereocenters. The molecule has 2 rings (SSSR count). The van der Waals surface area contributed by atoms with E-state index in [1.807, 2.05) is 43.3 Å². The normalized spacial score (nSPS) is 11.1. The molecule has 4 nitrogen and oxygen atoms in total. The second kappa shape index (κ2) is 7.61. The van der Waals surface area contributed by atoms with Crippen LogP contribution in [-0.4, -0.2) is 18.2 Å². The quantitative estimate of drug-likeness (QED) is 0.677. The minimum atomic E-state index is -0.326. The number of rotatable bonds is 5. The van der Waals surface area contributed by atoms with Crippen LogP contribution in [0.25, 0.3) is 0 Å². The molecule has 0 heterocycles. The van der Waals surface area contributed by atoms with Crippen molar-refractivity contribution in [1.29, 1.82) is 0 Å². The number of aryl methyl sites for hydroxylation is 1. The third-order valence-corrected chi connectivity index (χ3v) is 3.30. The maximum Gasteiger partial charge on any atom is 0.277 e. The number of nitrogens with one attached hydrogen (secondary N) is 1. The number of amides is 1. The first-order valence-electron chi connectivity index (χ1n) is 6.84. The third kappa shape index (κ3) is 4.60. The molecule has 0 saturated heterocycles. The van der Waals surface area contributed by atoms with E-state index >= 15 is 0 Å². The van der Waals surface area contributed by atoms with Crippen molar-refractivity contribution < 1.29 is 9.53 Å². The topological polar surface area (TPSA) is 50.7 Å². The lowest BCUT2D eigenvalue weighted by molar-refractivity contribution is -0.123. The number of nitrogens with zero attached hydrogens (tertiary/aromatic N) is 1. The van der Waals surface area contributed by atoms with Gasteiger partial charge in [0.15, 0.2) is 6.61 Å². The monoisotopic (exact) mass is 316 g/mol. The summed E-state index contributed by atoms with van der Waals surface area (Å²) in [5.41, 5.74) is 4.95. The van der Waals surface area contributed by atoms with Crippen LogP contribution >= 0.6 is 11.6 Å². The largest absolute Gasteiger partial charge is 0.484 e. The molecule has 0 radical (unpaired) electrons. The van der Waals surface area contributed by atoms with Crippen LogP contribution in [0.2, 0.25) is 5.02 Å². The zero-order valence-corrected chi connectivity index (χ0v) is 13.2. The zero-order valence-electron chi connectivity index (χ0n) is 12.5. The van der Waals surface area contributed by atoms with Crippen LogP contribution < -0.4 is 10.2 Å². The number of ether oxygens (including phenoxy) is 1. The fourth-order valence-electron chi connectivity index (χ4n) is 1.85. The minimum Gasteiger partial charge on any atom is -0.484 e. The van der Waals surface area contributed by atoms with Gasteiger partial charge in [0, 0.05) is 10.6 Å². The summed E-state index contributed by atoms with van der Waals surface area (Å²) in [6.07, 6.45) is 0. The van der Waals surface area contributed by atoms with Crippen molar-refractivity contribution >= 4 is 23.2 Å². The highest BCUT2D eigenvalue weighted by molar-refractivity contribution is 6.34. The van der Waals surface area contributed by atoms with E-state index in [2.05, 4.69) is 10.5 Å². The summed E-state index contributed by atoms with van der Waals surface area (Å²) in [5.74, 6) is 0.329. The van der Waals surface area contributed by atoms with Crippen molar-refractivity contribution in [2.24, 2.45) is 5.10 Å². The standard InChI is InChI=1S/C17H17ClN2O2/c1-12-6-5-7-14(10-12)22-11-17(21)20-19-13(2)15-8-3-4-9-16(15)18/h3-10H,11H2,1-2H3,(H,20,21)/b19-13+. The number of benzene rings is 2. The minimum absolute atomic E-state index is 0.0945. The molecule has 0 bridgehead atoms. The fourth-order valence-corrected chi connectivity index (χ4v) is 2.12. The molecule has 0 aromatic heterocycles. The van der Waals surface area contributed by atoms with Gasteiger partial charge in [-0.05, 0) is 37.6 Å². The Balaban J connectivity index is 1.90. The first kappa shape index (κ1) is 16.0. The predicted octanol–water partition coefficient (Wildman–Crippen LogP) is 3.57. The van der Waals surface area contributed by atoms with Gasteiger partial charge in [-0.3, -0.25) is 4.79 Å². The highest BCUT2D eigenvalue weighted by atomic mass is 35.5. The summed E-state index contributed by atoms with van der Waals surface area (Å²) >= 11 is 6.07. The number of carbonyl (C=O) groups excluding carboxylic acids is 1. The van der Waals surface area contributed by atoms with E-state index < -0.39 is 0 Å². The van der Waals surface area contributed by atoms with Gasteiger partial charge in [0.25, 0.3) is 5.91 Å². The summed E-state index contributed by atoms with van der Waals surface area (Å²) in [5, 5.41) is 4.63. The molecule has 0 saturated carbocycles. The van der Waals surface area contributed by atoms with Gasteiger partial charge < -0.3 is 4.74 Å². The van der Waals surface area contributed by atoms with Gasteiger partial charge >= 0.3 is 0 Å². The Bertz CT molecular complexity index is 699. The molecular formula is C17H17ClN2O2. The van der Waals surface area contributed by atoms with E-state index in [0.717, 1.165) is 11.1 Å². The summed E-state index contributed by atoms with van der Waals surface area (Å²) < 4.78 is 5.40. The molecule has 0 fully saturated rings. The second-order valence-corrected chi connectivity index (χ2v) is 5.22. The molecule has 0 aliphatic heterocycles. The Morgan fingerprint density at radius 1 is 1.23 bits per heavy atom. The molecule has 22 heavy (non-hydrogen) atoms. The molecule has 5 heteroatoms. The van der Waals surface area contributed by atoms with E-state index in [1.54, 1.807) is 19.1 Å². The van der Waals surface area contributed by atoms with Crippen molar-refractivity contribution in [2.75, 3.05) is 6.61 Å². The summed E-state index contributed by atoms with van der Waals surface area (Å²) in [4.78, 5) is 11.7. The molecule has 0 aliphatic rings. The maximum atomic E-state index is 11.7. The van der Waals surface area contributed by atoms with Gasteiger partial charge in [-0.1, -0.05) is 41.9 Å². The fraction of sp³-hybridized carbons (Fsp3) is 0.176. The van der Waals surface area contributed by atoms with Crippen molar-refractivity contribution in [1.82, 2.24) is 5.43 Å². The van der Waals surface area contributed by atoms with E-state index in [-0.39, 0.29) is 12.5 Å². The number of hydrogen-bond donors (Lipinski definition) is 1. The van der Waals surface area contributed by atoms with Crippen LogP contribution in [0.4, 0.5) is 0 Å². The first-order valence-corrected chi connectivity index (χ1v) is 7.21. The van der Waals surface area contributed by atoms with Gasteiger partial charge in [-0.2, -0.15) is 5.10 Å². The Hall–Kier alpha value is -2.33. The molecule has 1 amide bonds. The lowest BCUT2D eigenvalue weighted by atomic mass is 10.1. The molecular weight excluding hydrogens is 300 g/mol. The SMILES string of the molecule is C/C(=N\NC(=O)COc1cccc(C)c1)c1ccccc1Cl. The van der Waals surface area contributed by atoms with Gasteiger partial charge in [-0.15, -0.1) is 0 Å². The first-order chi connectivity index (χ1) is 10.6. The lowest BCUT2D eigenvalue weighted by Gasteiger charge is -2.07. The van der Waals surface area contributed by atoms with E-state index in [9.17, 15) is 4.79 Å². The molecule has 2 aromatic rings. The Morgan fingerprint density at radius 3 is 2.73 bits per heavy atom. The number of carbonyl (C=O) groups is 1. The van der Waals surface area contributed by atoms with Crippen molar-refractivity contribution in [2.45, 2.75) is 13.8 Å². The van der Waals surface area contributed by atoms with Crippen molar-refractivity contribution in [3.63, 3.8) is 0 Å². The highest BCUT2D eigenvalue weighted by Gasteiger charge is 2.05. The summed E-state index contributed by atoms with van der Waals surface area (Å²) in [6, 6.07) is 14.8. The van der Waals surface area contributed by atoms with Gasteiger partial charge in [0.05, 0.1) is 5.71 Å². The van der Waals surface area contributed by atoms with Crippen LogP contribution in [-0.2, 0) is 4.79 Å². The Morgan fingerprint density at radius 2 is 2.00 bits per heavy atom. The van der Waals surface area contributed by atoms with Crippen LogP contribution in [0.3, 0.4) is 0 Å². The number of hydrazone groups is 1. The lowest BCUT2D eigenvalue weighted by Crippen LogP contribution is -2.25. The molecule has 0 spiro atoms. The van der Waals surface area contributed by atoms with Gasteiger partial charge in [0.1, 0.15) is 5.75 Å². The summed E-state index contributed by atoms with van der Waals surface area (Å²) in [6.45, 7) is 3.65. The number of hydrogen-bond acceptors (Lipinski definition) is 3. The average molecular weight is 317 g/mol. The highest BCUT2D eigenvalue weighted by Crippen LogP contribution is 2.15. The van der Waals surface area contributed by atoms with Crippen LogP contribution in [0.15, 0.2) is 53.6 Å². The summed E-state index contributed by atoms with van der Waals surface area (Å²) in [7, 11) is 0. The maximum absolute atomic E-state index is 11.7. The molecule has 1 N–H and O–H groups in total. The number of halogens is 1. The van der Waals surface area contributed by atoms with Crippen molar-refractivity contribution in [3.8, 4) is 5.75 Å². The van der Waals surface area contributed by atoms with Gasteiger partial charge in [0.2, 0.25) is 0 Å². The Labute approximate surface area is 134 Å². The molecule has 0 unspecified atom stereocenters. The van der Waals surface area contributed by atoms with E-state index in [0.29, 0.717) is 16.5 Å². The van der Waals surface area contributed by atoms with Crippen LogP contribution in [0, 0.1) is 6.92 Å². The predicted molar refractivity (Wildman–Crippen MR) is 88.5 cm³/mol.